The lowest BCUT2D eigenvalue weighted by molar-refractivity contribution is -0.384. The minimum Gasteiger partial charge on any atom is -0.489 e. The van der Waals surface area contributed by atoms with Crippen molar-refractivity contribution in [3.63, 3.8) is 0 Å². The maximum Gasteiger partial charge on any atom is 0.273 e. The van der Waals surface area contributed by atoms with Crippen molar-refractivity contribution in [3.8, 4) is 11.5 Å². The number of rotatable bonds is 9. The first-order valence-corrected chi connectivity index (χ1v) is 9.29. The Morgan fingerprint density at radius 2 is 1.90 bits per heavy atom. The molecule has 8 nitrogen and oxygen atoms in total. The number of non-ortho nitro benzene ring substituents is 1. The Balaban J connectivity index is 1.47. The van der Waals surface area contributed by atoms with Crippen molar-refractivity contribution in [2.45, 2.75) is 19.6 Å². The molecule has 1 aromatic heterocycles. The van der Waals surface area contributed by atoms with E-state index in [9.17, 15) is 14.9 Å². The third-order valence-corrected chi connectivity index (χ3v) is 4.28. The molecule has 1 amide bonds. The highest BCUT2D eigenvalue weighted by atomic mass is 16.6. The summed E-state index contributed by atoms with van der Waals surface area (Å²) in [6.07, 6.45) is 3.46. The topological polar surface area (TPSA) is 104 Å². The van der Waals surface area contributed by atoms with E-state index in [0.717, 1.165) is 16.9 Å². The minimum atomic E-state index is -0.515. The fourth-order valence-corrected chi connectivity index (χ4v) is 2.71. The summed E-state index contributed by atoms with van der Waals surface area (Å²) in [5.74, 6) is 0.656. The monoisotopic (exact) mass is 407 g/mol. The van der Waals surface area contributed by atoms with Gasteiger partial charge in [-0.05, 0) is 36.8 Å². The van der Waals surface area contributed by atoms with Crippen molar-refractivity contribution in [2.24, 2.45) is 0 Å². The Kier molecular flexibility index (Phi) is 6.94. The standard InChI is InChI=1S/C22H21N3O5/c1-16(24-22(26)15-30-21-6-2-5-19(12-21)25(27)28)18-7-9-20(10-8-18)29-14-17-4-3-11-23-13-17/h2-13,16H,14-15H2,1H3,(H,24,26). The SMILES string of the molecule is CC(NC(=O)COc1cccc([N+](=O)[O-])c1)c1ccc(OCc2cccnc2)cc1. The molecule has 1 unspecified atom stereocenters. The van der Waals surface area contributed by atoms with Crippen molar-refractivity contribution < 1.29 is 19.2 Å². The van der Waals surface area contributed by atoms with Gasteiger partial charge < -0.3 is 14.8 Å². The zero-order valence-corrected chi connectivity index (χ0v) is 16.4. The van der Waals surface area contributed by atoms with Crippen LogP contribution in [-0.2, 0) is 11.4 Å². The van der Waals surface area contributed by atoms with Crippen LogP contribution in [0.2, 0.25) is 0 Å². The number of benzene rings is 2. The molecule has 0 aliphatic carbocycles. The van der Waals surface area contributed by atoms with Crippen molar-refractivity contribution in [3.05, 3.63) is 94.3 Å². The van der Waals surface area contributed by atoms with Gasteiger partial charge in [-0.15, -0.1) is 0 Å². The second-order valence-electron chi connectivity index (χ2n) is 6.55. The fourth-order valence-electron chi connectivity index (χ4n) is 2.71. The molecular formula is C22H21N3O5. The van der Waals surface area contributed by atoms with E-state index >= 15 is 0 Å². The zero-order valence-electron chi connectivity index (χ0n) is 16.4. The fraction of sp³-hybridized carbons (Fsp3) is 0.182. The number of nitrogens with one attached hydrogen (secondary N) is 1. The van der Waals surface area contributed by atoms with E-state index in [0.29, 0.717) is 6.61 Å². The van der Waals surface area contributed by atoms with Gasteiger partial charge in [-0.2, -0.15) is 0 Å². The van der Waals surface area contributed by atoms with Crippen LogP contribution in [0.4, 0.5) is 5.69 Å². The Morgan fingerprint density at radius 1 is 1.10 bits per heavy atom. The van der Waals surface area contributed by atoms with Gasteiger partial charge in [0.05, 0.1) is 17.0 Å². The number of ether oxygens (including phenoxy) is 2. The Hall–Kier alpha value is -3.94. The van der Waals surface area contributed by atoms with Crippen LogP contribution in [0.1, 0.15) is 24.1 Å². The van der Waals surface area contributed by atoms with Gasteiger partial charge in [-0.3, -0.25) is 19.9 Å². The summed E-state index contributed by atoms with van der Waals surface area (Å²) >= 11 is 0. The van der Waals surface area contributed by atoms with Gasteiger partial charge in [0, 0.05) is 24.0 Å². The van der Waals surface area contributed by atoms with Crippen molar-refractivity contribution in [1.29, 1.82) is 0 Å². The quantitative estimate of drug-likeness (QED) is 0.427. The van der Waals surface area contributed by atoms with Crippen LogP contribution in [0.25, 0.3) is 0 Å². The number of amides is 1. The van der Waals surface area contributed by atoms with Crippen LogP contribution in [0, 0.1) is 10.1 Å². The third kappa shape index (κ3) is 6.03. The summed E-state index contributed by atoms with van der Waals surface area (Å²) in [5.41, 5.74) is 1.80. The average Bonchev–Trinajstić information content (AvgIpc) is 2.77. The van der Waals surface area contributed by atoms with Gasteiger partial charge in [-0.1, -0.05) is 24.3 Å². The van der Waals surface area contributed by atoms with E-state index in [1.165, 1.54) is 18.2 Å². The molecule has 0 saturated heterocycles. The summed E-state index contributed by atoms with van der Waals surface area (Å²) < 4.78 is 11.1. The predicted molar refractivity (Wildman–Crippen MR) is 110 cm³/mol. The molecule has 3 aromatic rings. The van der Waals surface area contributed by atoms with Crippen LogP contribution in [0.5, 0.6) is 11.5 Å². The van der Waals surface area contributed by atoms with Crippen molar-refractivity contribution in [2.75, 3.05) is 6.61 Å². The molecule has 8 heteroatoms. The molecule has 0 aliphatic heterocycles. The van der Waals surface area contributed by atoms with Crippen molar-refractivity contribution in [1.82, 2.24) is 10.3 Å². The number of carbonyl (C=O) groups is 1. The van der Waals surface area contributed by atoms with Gasteiger partial charge in [-0.25, -0.2) is 0 Å². The number of nitro benzene ring substituents is 1. The molecule has 1 heterocycles. The predicted octanol–water partition coefficient (Wildman–Crippen LogP) is 3.83. The van der Waals surface area contributed by atoms with E-state index in [1.807, 2.05) is 43.3 Å². The normalized spacial score (nSPS) is 11.4. The molecule has 0 aliphatic rings. The summed E-state index contributed by atoms with van der Waals surface area (Å²) in [6.45, 7) is 2.04. The molecule has 0 saturated carbocycles. The van der Waals surface area contributed by atoms with Gasteiger partial charge in [0.25, 0.3) is 11.6 Å². The maximum absolute atomic E-state index is 12.1. The highest BCUT2D eigenvalue weighted by molar-refractivity contribution is 5.78. The number of pyridine rings is 1. The minimum absolute atomic E-state index is 0.0906. The highest BCUT2D eigenvalue weighted by Crippen LogP contribution is 2.20. The van der Waals surface area contributed by atoms with Crippen LogP contribution in [0.15, 0.2) is 73.1 Å². The number of aromatic nitrogens is 1. The van der Waals surface area contributed by atoms with E-state index in [2.05, 4.69) is 10.3 Å². The summed E-state index contributed by atoms with van der Waals surface area (Å²) in [6, 6.07) is 16.7. The zero-order chi connectivity index (χ0) is 21.3. The first-order chi connectivity index (χ1) is 14.5. The average molecular weight is 407 g/mol. The summed E-state index contributed by atoms with van der Waals surface area (Å²) in [7, 11) is 0. The van der Waals surface area contributed by atoms with E-state index < -0.39 is 4.92 Å². The molecule has 0 fully saturated rings. The first kappa shape index (κ1) is 20.8. The van der Waals surface area contributed by atoms with E-state index in [4.69, 9.17) is 9.47 Å². The summed E-state index contributed by atoms with van der Waals surface area (Å²) in [5, 5.41) is 13.6. The van der Waals surface area contributed by atoms with Crippen LogP contribution in [0.3, 0.4) is 0 Å². The molecule has 1 N–H and O–H groups in total. The van der Waals surface area contributed by atoms with Gasteiger partial charge >= 0.3 is 0 Å². The van der Waals surface area contributed by atoms with Crippen LogP contribution < -0.4 is 14.8 Å². The Labute approximate surface area is 173 Å². The lowest BCUT2D eigenvalue weighted by Crippen LogP contribution is -2.31. The molecule has 0 spiro atoms. The van der Waals surface area contributed by atoms with Crippen LogP contribution >= 0.6 is 0 Å². The number of hydrogen-bond donors (Lipinski definition) is 1. The lowest BCUT2D eigenvalue weighted by atomic mass is 10.1. The van der Waals surface area contributed by atoms with Gasteiger partial charge in [0.15, 0.2) is 6.61 Å². The van der Waals surface area contributed by atoms with E-state index in [1.54, 1.807) is 18.5 Å². The second-order valence-corrected chi connectivity index (χ2v) is 6.55. The number of carbonyl (C=O) groups excluding carboxylic acids is 1. The van der Waals surface area contributed by atoms with Crippen molar-refractivity contribution >= 4 is 11.6 Å². The molecular weight excluding hydrogens is 386 g/mol. The van der Waals surface area contributed by atoms with Gasteiger partial charge in [0.2, 0.25) is 0 Å². The Morgan fingerprint density at radius 3 is 2.60 bits per heavy atom. The molecule has 1 atom stereocenters. The lowest BCUT2D eigenvalue weighted by Gasteiger charge is -2.15. The Bertz CT molecular complexity index is 993. The largest absolute Gasteiger partial charge is 0.489 e. The van der Waals surface area contributed by atoms with Gasteiger partial charge in [0.1, 0.15) is 18.1 Å². The third-order valence-electron chi connectivity index (χ3n) is 4.28. The number of nitro groups is 1. The smallest absolute Gasteiger partial charge is 0.273 e. The maximum atomic E-state index is 12.1. The van der Waals surface area contributed by atoms with Crippen LogP contribution in [-0.4, -0.2) is 22.4 Å². The molecule has 0 radical (unpaired) electrons. The summed E-state index contributed by atoms with van der Waals surface area (Å²) in [4.78, 5) is 26.5. The van der Waals surface area contributed by atoms with E-state index in [-0.39, 0.29) is 30.0 Å². The number of hydrogen-bond acceptors (Lipinski definition) is 6. The molecule has 0 bridgehead atoms. The molecule has 154 valence electrons. The molecule has 30 heavy (non-hydrogen) atoms. The number of nitrogens with zero attached hydrogens (tertiary/aromatic N) is 2. The second kappa shape index (κ2) is 10.0. The highest BCUT2D eigenvalue weighted by Gasteiger charge is 2.12. The molecule has 3 rings (SSSR count). The first-order valence-electron chi connectivity index (χ1n) is 9.29. The molecule has 2 aromatic carbocycles.